The van der Waals surface area contributed by atoms with E-state index in [1.807, 2.05) is 0 Å². The molecular formula is C65H129NO5. The lowest BCUT2D eigenvalue weighted by Gasteiger charge is -2.22. The Kier molecular flexibility index (Phi) is 60.4. The predicted octanol–water partition coefficient (Wildman–Crippen LogP) is 20.6. The Labute approximate surface area is 445 Å². The van der Waals surface area contributed by atoms with Crippen LogP contribution in [0.15, 0.2) is 0 Å². The van der Waals surface area contributed by atoms with Crippen molar-refractivity contribution in [3.63, 3.8) is 0 Å². The van der Waals surface area contributed by atoms with Gasteiger partial charge in [-0.1, -0.05) is 341 Å². The molecule has 0 bridgehead atoms. The highest BCUT2D eigenvalue weighted by molar-refractivity contribution is 5.76. The van der Waals surface area contributed by atoms with Crippen LogP contribution in [-0.2, 0) is 14.3 Å². The fourth-order valence-electron chi connectivity index (χ4n) is 10.6. The SMILES string of the molecule is CCCCCCCCCCCCCCCCCCCC(O)C(CO)NC(=O)CCCCCCCCCCCCCCCCCCCCCCCCCCCCOC(=O)CCCCCCCCCCCCC. The van der Waals surface area contributed by atoms with Crippen molar-refractivity contribution in [2.75, 3.05) is 13.2 Å². The zero-order valence-corrected chi connectivity index (χ0v) is 48.5. The van der Waals surface area contributed by atoms with Gasteiger partial charge in [0.25, 0.3) is 0 Å². The van der Waals surface area contributed by atoms with E-state index in [1.165, 1.54) is 308 Å². The van der Waals surface area contributed by atoms with Crippen LogP contribution in [0.25, 0.3) is 0 Å². The summed E-state index contributed by atoms with van der Waals surface area (Å²) in [4.78, 5) is 24.5. The summed E-state index contributed by atoms with van der Waals surface area (Å²) in [5.74, 6) is -0.0107. The maximum absolute atomic E-state index is 12.5. The lowest BCUT2D eigenvalue weighted by Crippen LogP contribution is -2.45. The monoisotopic (exact) mass is 1000 g/mol. The second-order valence-corrected chi connectivity index (χ2v) is 22.8. The number of unbranched alkanes of at least 4 members (excludes halogenated alkanes) is 51. The molecule has 424 valence electrons. The third kappa shape index (κ3) is 58.0. The Bertz CT molecular complexity index is 1020. The molecule has 0 heterocycles. The first kappa shape index (κ1) is 69.9. The molecule has 6 heteroatoms. The topological polar surface area (TPSA) is 95.9 Å². The van der Waals surface area contributed by atoms with Gasteiger partial charge in [-0.2, -0.15) is 0 Å². The van der Waals surface area contributed by atoms with Crippen molar-refractivity contribution in [3.8, 4) is 0 Å². The second-order valence-electron chi connectivity index (χ2n) is 22.8. The van der Waals surface area contributed by atoms with Gasteiger partial charge in [0.05, 0.1) is 25.4 Å². The number of rotatable bonds is 62. The smallest absolute Gasteiger partial charge is 0.305 e. The van der Waals surface area contributed by atoms with E-state index in [1.54, 1.807) is 0 Å². The molecule has 0 aliphatic heterocycles. The van der Waals surface area contributed by atoms with Crippen LogP contribution in [0, 0.1) is 0 Å². The average molecular weight is 1000 g/mol. The first-order valence-corrected chi connectivity index (χ1v) is 32.8. The van der Waals surface area contributed by atoms with Crippen molar-refractivity contribution in [3.05, 3.63) is 0 Å². The molecule has 0 spiro atoms. The predicted molar refractivity (Wildman–Crippen MR) is 310 cm³/mol. The number of hydrogen-bond acceptors (Lipinski definition) is 5. The molecule has 0 radical (unpaired) electrons. The molecule has 71 heavy (non-hydrogen) atoms. The molecule has 0 aromatic rings. The van der Waals surface area contributed by atoms with E-state index in [0.717, 1.165) is 38.5 Å². The molecule has 0 aliphatic rings. The number of hydrogen-bond donors (Lipinski definition) is 3. The Morgan fingerprint density at radius 1 is 0.338 bits per heavy atom. The molecule has 2 atom stereocenters. The summed E-state index contributed by atoms with van der Waals surface area (Å²) in [6.07, 6.45) is 72.7. The van der Waals surface area contributed by atoms with Gasteiger partial charge < -0.3 is 20.3 Å². The first-order chi connectivity index (χ1) is 35.0. The van der Waals surface area contributed by atoms with E-state index in [-0.39, 0.29) is 18.5 Å². The lowest BCUT2D eigenvalue weighted by atomic mass is 10.0. The summed E-state index contributed by atoms with van der Waals surface area (Å²) in [6, 6.07) is -0.538. The van der Waals surface area contributed by atoms with Crippen molar-refractivity contribution >= 4 is 11.9 Å². The molecule has 0 aromatic heterocycles. The third-order valence-corrected chi connectivity index (χ3v) is 15.7. The number of esters is 1. The van der Waals surface area contributed by atoms with Gasteiger partial charge in [0.15, 0.2) is 0 Å². The number of ether oxygens (including phenoxy) is 1. The van der Waals surface area contributed by atoms with Crippen LogP contribution in [0.3, 0.4) is 0 Å². The largest absolute Gasteiger partial charge is 0.466 e. The van der Waals surface area contributed by atoms with E-state index < -0.39 is 12.1 Å². The Morgan fingerprint density at radius 3 is 0.859 bits per heavy atom. The fourth-order valence-corrected chi connectivity index (χ4v) is 10.6. The number of aliphatic hydroxyl groups is 2. The molecule has 0 aromatic carbocycles. The van der Waals surface area contributed by atoms with Crippen LogP contribution in [-0.4, -0.2) is 47.4 Å². The standard InChI is InChI=1S/C65H129NO5/c1-3-5-7-9-11-13-15-16-17-28-31-34-38-41-45-49-53-57-63(68)62(61-67)66-64(69)58-54-50-46-42-39-35-32-29-26-24-22-20-18-19-21-23-25-27-30-33-36-40-44-48-52-56-60-71-65(70)59-55-51-47-43-37-14-12-10-8-6-4-2/h62-63,67-68H,3-61H2,1-2H3,(H,66,69). The van der Waals surface area contributed by atoms with Crippen LogP contribution in [0.4, 0.5) is 0 Å². The molecule has 0 fully saturated rings. The highest BCUT2D eigenvalue weighted by atomic mass is 16.5. The molecule has 1 amide bonds. The summed E-state index contributed by atoms with van der Waals surface area (Å²) >= 11 is 0. The Hall–Kier alpha value is -1.14. The van der Waals surface area contributed by atoms with Crippen LogP contribution in [0.5, 0.6) is 0 Å². The van der Waals surface area contributed by atoms with E-state index in [0.29, 0.717) is 25.9 Å². The van der Waals surface area contributed by atoms with E-state index in [2.05, 4.69) is 19.2 Å². The Morgan fingerprint density at radius 2 is 0.577 bits per heavy atom. The summed E-state index contributed by atoms with van der Waals surface area (Å²) in [6.45, 7) is 4.99. The van der Waals surface area contributed by atoms with Gasteiger partial charge in [-0.25, -0.2) is 0 Å². The maximum Gasteiger partial charge on any atom is 0.305 e. The number of amides is 1. The lowest BCUT2D eigenvalue weighted by molar-refractivity contribution is -0.143. The number of aliphatic hydroxyl groups excluding tert-OH is 2. The molecule has 0 saturated carbocycles. The molecule has 6 nitrogen and oxygen atoms in total. The van der Waals surface area contributed by atoms with Gasteiger partial charge >= 0.3 is 5.97 Å². The normalized spacial score (nSPS) is 12.5. The van der Waals surface area contributed by atoms with Gasteiger partial charge in [0.1, 0.15) is 0 Å². The highest BCUT2D eigenvalue weighted by Crippen LogP contribution is 2.19. The van der Waals surface area contributed by atoms with Crippen LogP contribution >= 0.6 is 0 Å². The zero-order chi connectivity index (χ0) is 51.4. The zero-order valence-electron chi connectivity index (χ0n) is 48.5. The molecule has 0 aliphatic carbocycles. The van der Waals surface area contributed by atoms with Crippen molar-refractivity contribution < 1.29 is 24.5 Å². The number of carbonyl (C=O) groups excluding carboxylic acids is 2. The van der Waals surface area contributed by atoms with Crippen LogP contribution in [0.1, 0.15) is 380 Å². The van der Waals surface area contributed by atoms with Gasteiger partial charge in [0.2, 0.25) is 5.91 Å². The maximum atomic E-state index is 12.5. The van der Waals surface area contributed by atoms with E-state index in [4.69, 9.17) is 4.74 Å². The summed E-state index contributed by atoms with van der Waals surface area (Å²) < 4.78 is 5.47. The van der Waals surface area contributed by atoms with E-state index >= 15 is 0 Å². The molecule has 0 saturated heterocycles. The van der Waals surface area contributed by atoms with Crippen molar-refractivity contribution in [1.82, 2.24) is 5.32 Å². The quantitative estimate of drug-likeness (QED) is 0.0417. The van der Waals surface area contributed by atoms with Gasteiger partial charge in [-0.3, -0.25) is 9.59 Å². The minimum Gasteiger partial charge on any atom is -0.466 e. The first-order valence-electron chi connectivity index (χ1n) is 32.8. The number of carbonyl (C=O) groups is 2. The van der Waals surface area contributed by atoms with Gasteiger partial charge in [0, 0.05) is 12.8 Å². The average Bonchev–Trinajstić information content (AvgIpc) is 3.37. The molecule has 2 unspecified atom stereocenters. The van der Waals surface area contributed by atoms with E-state index in [9.17, 15) is 19.8 Å². The summed E-state index contributed by atoms with van der Waals surface area (Å²) in [7, 11) is 0. The third-order valence-electron chi connectivity index (χ3n) is 15.7. The van der Waals surface area contributed by atoms with Crippen LogP contribution in [0.2, 0.25) is 0 Å². The number of nitrogens with one attached hydrogen (secondary N) is 1. The summed E-state index contributed by atoms with van der Waals surface area (Å²) in [5, 5.41) is 23.3. The highest BCUT2D eigenvalue weighted by Gasteiger charge is 2.20. The van der Waals surface area contributed by atoms with Crippen LogP contribution < -0.4 is 5.32 Å². The molecule has 3 N–H and O–H groups in total. The molecular weight excluding hydrogens is 875 g/mol. The second kappa shape index (κ2) is 61.4. The molecule has 0 rings (SSSR count). The minimum atomic E-state index is -0.661. The summed E-state index contributed by atoms with van der Waals surface area (Å²) in [5.41, 5.74) is 0. The minimum absolute atomic E-state index is 0.0180. The van der Waals surface area contributed by atoms with Crippen molar-refractivity contribution in [1.29, 1.82) is 0 Å². The van der Waals surface area contributed by atoms with Crippen molar-refractivity contribution in [2.24, 2.45) is 0 Å². The Balaban J connectivity index is 3.34. The van der Waals surface area contributed by atoms with Gasteiger partial charge in [-0.15, -0.1) is 0 Å². The fraction of sp³-hybridized carbons (Fsp3) is 0.969. The van der Waals surface area contributed by atoms with Crippen molar-refractivity contribution in [2.45, 2.75) is 392 Å². The van der Waals surface area contributed by atoms with Gasteiger partial charge in [-0.05, 0) is 25.7 Å².